The molecule has 5 nitrogen and oxygen atoms in total. The Balaban J connectivity index is 2.42. The molecule has 0 aromatic heterocycles. The van der Waals surface area contributed by atoms with Crippen molar-refractivity contribution in [2.24, 2.45) is 11.8 Å². The summed E-state index contributed by atoms with van der Waals surface area (Å²) in [5, 5.41) is 2.82. The van der Waals surface area contributed by atoms with Gasteiger partial charge in [-0.3, -0.25) is 4.79 Å². The zero-order valence-electron chi connectivity index (χ0n) is 13.0. The number of amides is 1. The molecule has 0 spiro atoms. The molecule has 1 rings (SSSR count). The molecule has 5 heteroatoms. The average Bonchev–Trinajstić information content (AvgIpc) is 2.35. The van der Waals surface area contributed by atoms with Gasteiger partial charge in [0.2, 0.25) is 0 Å². The molecule has 1 amide bonds. The van der Waals surface area contributed by atoms with Gasteiger partial charge in [-0.2, -0.15) is 0 Å². The molecule has 0 aliphatic heterocycles. The van der Waals surface area contributed by atoms with Crippen molar-refractivity contribution >= 4 is 12.1 Å². The summed E-state index contributed by atoms with van der Waals surface area (Å²) in [6.07, 6.45) is 4.41. The maximum Gasteiger partial charge on any atom is 0.407 e. The quantitative estimate of drug-likeness (QED) is 0.807. The highest BCUT2D eigenvalue weighted by molar-refractivity contribution is 5.69. The number of carbonyl (C=O) groups is 2. The topological polar surface area (TPSA) is 64.6 Å². The molecule has 1 saturated carbocycles. The number of hydrogen-bond acceptors (Lipinski definition) is 4. The Morgan fingerprint density at radius 2 is 1.75 bits per heavy atom. The highest BCUT2D eigenvalue weighted by Crippen LogP contribution is 2.32. The molecule has 0 saturated heterocycles. The molecule has 1 aliphatic rings. The molecule has 116 valence electrons. The lowest BCUT2D eigenvalue weighted by atomic mass is 9.77. The Morgan fingerprint density at radius 1 is 1.15 bits per heavy atom. The average molecular weight is 285 g/mol. The Bertz CT molecular complexity index is 335. The van der Waals surface area contributed by atoms with Gasteiger partial charge < -0.3 is 14.8 Å². The van der Waals surface area contributed by atoms with Crippen molar-refractivity contribution in [1.82, 2.24) is 5.32 Å². The van der Waals surface area contributed by atoms with E-state index < -0.39 is 5.60 Å². The van der Waals surface area contributed by atoms with Gasteiger partial charge in [0.1, 0.15) is 5.60 Å². The first-order valence-electron chi connectivity index (χ1n) is 7.35. The van der Waals surface area contributed by atoms with Gasteiger partial charge in [-0.05, 0) is 45.4 Å². The molecule has 0 aromatic carbocycles. The molecule has 2 atom stereocenters. The van der Waals surface area contributed by atoms with Crippen LogP contribution in [0.1, 0.15) is 52.9 Å². The van der Waals surface area contributed by atoms with Crippen LogP contribution in [0, 0.1) is 11.8 Å². The van der Waals surface area contributed by atoms with E-state index in [0.717, 1.165) is 25.7 Å². The Kier molecular flexibility index (Phi) is 6.30. The number of carbonyl (C=O) groups excluding carboxylic acids is 2. The molecule has 0 radical (unpaired) electrons. The normalized spacial score (nSPS) is 23.0. The van der Waals surface area contributed by atoms with Gasteiger partial charge in [-0.25, -0.2) is 4.79 Å². The lowest BCUT2D eigenvalue weighted by molar-refractivity contribution is -0.142. The second-order valence-corrected chi connectivity index (χ2v) is 6.47. The molecule has 1 fully saturated rings. The van der Waals surface area contributed by atoms with E-state index in [-0.39, 0.29) is 12.1 Å². The van der Waals surface area contributed by atoms with Crippen LogP contribution >= 0.6 is 0 Å². The Labute approximate surface area is 121 Å². The van der Waals surface area contributed by atoms with Crippen molar-refractivity contribution < 1.29 is 19.1 Å². The van der Waals surface area contributed by atoms with Crippen molar-refractivity contribution in [1.29, 1.82) is 0 Å². The summed E-state index contributed by atoms with van der Waals surface area (Å²) in [5.41, 5.74) is -0.484. The first-order valence-corrected chi connectivity index (χ1v) is 7.35. The van der Waals surface area contributed by atoms with Crippen molar-refractivity contribution in [2.45, 2.75) is 58.5 Å². The predicted octanol–water partition coefficient (Wildman–Crippen LogP) is 2.88. The van der Waals surface area contributed by atoms with Crippen LogP contribution < -0.4 is 5.32 Å². The van der Waals surface area contributed by atoms with Crippen molar-refractivity contribution in [3.05, 3.63) is 0 Å². The number of methoxy groups -OCH3 is 1. The van der Waals surface area contributed by atoms with Crippen LogP contribution in [0.2, 0.25) is 0 Å². The van der Waals surface area contributed by atoms with E-state index in [1.54, 1.807) is 0 Å². The van der Waals surface area contributed by atoms with Gasteiger partial charge in [0.25, 0.3) is 0 Å². The summed E-state index contributed by atoms with van der Waals surface area (Å²) in [4.78, 5) is 23.1. The summed E-state index contributed by atoms with van der Waals surface area (Å²) >= 11 is 0. The van der Waals surface area contributed by atoms with Gasteiger partial charge in [-0.15, -0.1) is 0 Å². The largest absolute Gasteiger partial charge is 0.469 e. The number of esters is 1. The number of ether oxygens (including phenoxy) is 2. The lowest BCUT2D eigenvalue weighted by Gasteiger charge is -2.31. The van der Waals surface area contributed by atoms with Gasteiger partial charge in [-0.1, -0.05) is 12.8 Å². The van der Waals surface area contributed by atoms with E-state index in [4.69, 9.17) is 9.47 Å². The van der Waals surface area contributed by atoms with E-state index >= 15 is 0 Å². The highest BCUT2D eigenvalue weighted by Gasteiger charge is 2.28. The van der Waals surface area contributed by atoms with Crippen LogP contribution in [-0.4, -0.2) is 31.3 Å². The van der Waals surface area contributed by atoms with E-state index in [1.165, 1.54) is 7.11 Å². The minimum Gasteiger partial charge on any atom is -0.469 e. The third-order valence-corrected chi connectivity index (χ3v) is 3.63. The third-order valence-electron chi connectivity index (χ3n) is 3.63. The van der Waals surface area contributed by atoms with Crippen LogP contribution in [0.4, 0.5) is 4.79 Å². The molecule has 0 bridgehead atoms. The van der Waals surface area contributed by atoms with E-state index in [9.17, 15) is 9.59 Å². The van der Waals surface area contributed by atoms with Crippen LogP contribution in [0.5, 0.6) is 0 Å². The molecule has 1 N–H and O–H groups in total. The summed E-state index contributed by atoms with van der Waals surface area (Å²) in [7, 11) is 1.42. The third kappa shape index (κ3) is 6.26. The maximum absolute atomic E-state index is 11.7. The minimum absolute atomic E-state index is 0.167. The molecule has 1 aliphatic carbocycles. The van der Waals surface area contributed by atoms with Crippen LogP contribution in [0.15, 0.2) is 0 Å². The van der Waals surface area contributed by atoms with Crippen LogP contribution in [0.25, 0.3) is 0 Å². The number of hydrogen-bond donors (Lipinski definition) is 1. The van der Waals surface area contributed by atoms with Gasteiger partial charge in [0.15, 0.2) is 0 Å². The van der Waals surface area contributed by atoms with Crippen molar-refractivity contribution in [2.75, 3.05) is 13.7 Å². The van der Waals surface area contributed by atoms with Crippen LogP contribution in [0.3, 0.4) is 0 Å². The zero-order valence-corrected chi connectivity index (χ0v) is 13.0. The van der Waals surface area contributed by atoms with E-state index in [0.29, 0.717) is 24.8 Å². The number of rotatable bonds is 4. The smallest absolute Gasteiger partial charge is 0.407 e. The fourth-order valence-corrected chi connectivity index (χ4v) is 2.65. The summed E-state index contributed by atoms with van der Waals surface area (Å²) in [5.74, 6) is 0.459. The minimum atomic E-state index is -0.484. The Morgan fingerprint density at radius 3 is 2.30 bits per heavy atom. The van der Waals surface area contributed by atoms with Crippen molar-refractivity contribution in [3.63, 3.8) is 0 Å². The predicted molar refractivity (Wildman–Crippen MR) is 76.3 cm³/mol. The SMILES string of the molecule is COC(=O)C[C@@H]1CCCC[C@H]1CNC(=O)OC(C)(C)C. The van der Waals surface area contributed by atoms with Crippen LogP contribution in [-0.2, 0) is 14.3 Å². The van der Waals surface area contributed by atoms with E-state index in [1.807, 2.05) is 20.8 Å². The molecule has 20 heavy (non-hydrogen) atoms. The molecular formula is C15H27NO4. The lowest BCUT2D eigenvalue weighted by Crippen LogP contribution is -2.38. The maximum atomic E-state index is 11.7. The fraction of sp³-hybridized carbons (Fsp3) is 0.867. The van der Waals surface area contributed by atoms with E-state index in [2.05, 4.69) is 5.32 Å². The standard InChI is InChI=1S/C15H27NO4/c1-15(2,3)20-14(18)16-10-12-8-6-5-7-11(12)9-13(17)19-4/h11-12H,5-10H2,1-4H3,(H,16,18)/t11-,12-/m0/s1. The number of alkyl carbamates (subject to hydrolysis) is 1. The molecule has 0 aromatic rings. The number of nitrogens with one attached hydrogen (secondary N) is 1. The van der Waals surface area contributed by atoms with Gasteiger partial charge in [0.05, 0.1) is 7.11 Å². The molecule has 0 heterocycles. The fourth-order valence-electron chi connectivity index (χ4n) is 2.65. The van der Waals surface area contributed by atoms with Gasteiger partial charge >= 0.3 is 12.1 Å². The summed E-state index contributed by atoms with van der Waals surface area (Å²) in [6.45, 7) is 6.09. The second-order valence-electron chi connectivity index (χ2n) is 6.47. The molecule has 0 unspecified atom stereocenters. The second kappa shape index (κ2) is 7.50. The summed E-state index contributed by atoms with van der Waals surface area (Å²) < 4.78 is 9.97. The Hall–Kier alpha value is -1.26. The first-order chi connectivity index (χ1) is 9.31. The highest BCUT2D eigenvalue weighted by atomic mass is 16.6. The van der Waals surface area contributed by atoms with Crippen molar-refractivity contribution in [3.8, 4) is 0 Å². The zero-order chi connectivity index (χ0) is 15.2. The summed E-state index contributed by atoms with van der Waals surface area (Å²) in [6, 6.07) is 0. The first kappa shape index (κ1) is 16.8. The monoisotopic (exact) mass is 285 g/mol. The molecular weight excluding hydrogens is 258 g/mol. The van der Waals surface area contributed by atoms with Gasteiger partial charge in [0, 0.05) is 13.0 Å².